The molecular formula is C14H16N4. The predicted octanol–water partition coefficient (Wildman–Crippen LogP) is 1.80. The first-order valence-corrected chi connectivity index (χ1v) is 6.24. The lowest BCUT2D eigenvalue weighted by Crippen LogP contribution is -2.46. The number of hydrogen-bond donors (Lipinski definition) is 0. The number of rotatable bonds is 2. The zero-order valence-corrected chi connectivity index (χ0v) is 10.2. The second-order valence-corrected chi connectivity index (χ2v) is 4.37. The van der Waals surface area contributed by atoms with E-state index in [1.54, 1.807) is 12.4 Å². The van der Waals surface area contributed by atoms with Crippen molar-refractivity contribution in [3.8, 4) is 0 Å². The van der Waals surface area contributed by atoms with E-state index in [-0.39, 0.29) is 0 Å². The number of aromatic nitrogens is 2. The maximum Gasteiger partial charge on any atom is 0.147 e. The first-order valence-electron chi connectivity index (χ1n) is 6.24. The molecule has 2 heterocycles. The lowest BCUT2D eigenvalue weighted by Gasteiger charge is -2.36. The number of para-hydroxylation sites is 1. The Kier molecular flexibility index (Phi) is 3.08. The van der Waals surface area contributed by atoms with E-state index in [4.69, 9.17) is 0 Å². The molecule has 0 amide bonds. The third kappa shape index (κ3) is 2.27. The molecule has 0 atom stereocenters. The Morgan fingerprint density at radius 3 is 2.22 bits per heavy atom. The average Bonchev–Trinajstić information content (AvgIpc) is 2.49. The summed E-state index contributed by atoms with van der Waals surface area (Å²) >= 11 is 0. The lowest BCUT2D eigenvalue weighted by atomic mass is 10.2. The van der Waals surface area contributed by atoms with E-state index in [1.807, 2.05) is 6.20 Å². The summed E-state index contributed by atoms with van der Waals surface area (Å²) in [6, 6.07) is 10.6. The third-order valence-corrected chi connectivity index (χ3v) is 3.27. The first-order chi connectivity index (χ1) is 8.93. The minimum atomic E-state index is 0.977. The molecule has 0 N–H and O–H groups in total. The highest BCUT2D eigenvalue weighted by molar-refractivity contribution is 5.48. The number of hydrogen-bond acceptors (Lipinski definition) is 4. The number of benzene rings is 1. The van der Waals surface area contributed by atoms with Crippen LogP contribution in [0.15, 0.2) is 48.9 Å². The Balaban J connectivity index is 1.65. The molecule has 0 saturated carbocycles. The van der Waals surface area contributed by atoms with Gasteiger partial charge in [-0.1, -0.05) is 18.2 Å². The van der Waals surface area contributed by atoms with Crippen LogP contribution >= 0.6 is 0 Å². The van der Waals surface area contributed by atoms with Crippen LogP contribution in [-0.4, -0.2) is 36.1 Å². The van der Waals surface area contributed by atoms with Gasteiger partial charge < -0.3 is 9.80 Å². The van der Waals surface area contributed by atoms with Gasteiger partial charge in [-0.2, -0.15) is 0 Å². The maximum absolute atomic E-state index is 4.35. The molecule has 0 radical (unpaired) electrons. The molecule has 1 aliphatic heterocycles. The van der Waals surface area contributed by atoms with Gasteiger partial charge in [-0.25, -0.2) is 4.98 Å². The molecule has 1 saturated heterocycles. The van der Waals surface area contributed by atoms with Crippen molar-refractivity contribution in [2.24, 2.45) is 0 Å². The summed E-state index contributed by atoms with van der Waals surface area (Å²) in [5, 5.41) is 0. The smallest absolute Gasteiger partial charge is 0.147 e. The van der Waals surface area contributed by atoms with Crippen molar-refractivity contribution in [3.63, 3.8) is 0 Å². The van der Waals surface area contributed by atoms with Crippen LogP contribution in [0.25, 0.3) is 0 Å². The molecule has 1 aliphatic rings. The molecule has 0 unspecified atom stereocenters. The Labute approximate surface area is 107 Å². The zero-order chi connectivity index (χ0) is 12.2. The van der Waals surface area contributed by atoms with Crippen molar-refractivity contribution in [2.45, 2.75) is 0 Å². The SMILES string of the molecule is c1ccc(N2CCN(c3cnccn3)CC2)cc1. The number of anilines is 2. The monoisotopic (exact) mass is 240 g/mol. The third-order valence-electron chi connectivity index (χ3n) is 3.27. The highest BCUT2D eigenvalue weighted by atomic mass is 15.3. The molecule has 0 spiro atoms. The van der Waals surface area contributed by atoms with Crippen LogP contribution in [0.4, 0.5) is 11.5 Å². The van der Waals surface area contributed by atoms with E-state index in [1.165, 1.54) is 5.69 Å². The molecule has 2 aromatic rings. The lowest BCUT2D eigenvalue weighted by molar-refractivity contribution is 0.646. The topological polar surface area (TPSA) is 32.3 Å². The minimum Gasteiger partial charge on any atom is -0.368 e. The van der Waals surface area contributed by atoms with Crippen molar-refractivity contribution in [1.82, 2.24) is 9.97 Å². The molecule has 4 heteroatoms. The second kappa shape index (κ2) is 5.04. The van der Waals surface area contributed by atoms with Gasteiger partial charge in [-0.05, 0) is 12.1 Å². The zero-order valence-electron chi connectivity index (χ0n) is 10.2. The standard InChI is InChI=1S/C14H16N4/c1-2-4-13(5-3-1)17-8-10-18(11-9-17)14-12-15-6-7-16-14/h1-7,12H,8-11H2. The van der Waals surface area contributed by atoms with Gasteiger partial charge in [0.05, 0.1) is 6.20 Å². The Hall–Kier alpha value is -2.10. The quantitative estimate of drug-likeness (QED) is 0.801. The molecule has 0 bridgehead atoms. The molecule has 92 valence electrons. The molecule has 1 aromatic carbocycles. The number of nitrogens with zero attached hydrogens (tertiary/aromatic N) is 4. The van der Waals surface area contributed by atoms with E-state index in [0.29, 0.717) is 0 Å². The Bertz CT molecular complexity index is 430. The summed E-state index contributed by atoms with van der Waals surface area (Å²) < 4.78 is 0. The summed E-state index contributed by atoms with van der Waals surface area (Å²) in [5.74, 6) is 0.977. The van der Waals surface area contributed by atoms with Gasteiger partial charge >= 0.3 is 0 Å². The molecule has 3 rings (SSSR count). The van der Waals surface area contributed by atoms with Crippen LogP contribution in [-0.2, 0) is 0 Å². The van der Waals surface area contributed by atoms with Crippen LogP contribution in [0.2, 0.25) is 0 Å². The summed E-state index contributed by atoms with van der Waals surface area (Å²) in [4.78, 5) is 13.2. The normalized spacial score (nSPS) is 15.8. The summed E-state index contributed by atoms with van der Waals surface area (Å²) in [7, 11) is 0. The van der Waals surface area contributed by atoms with E-state index >= 15 is 0 Å². The maximum atomic E-state index is 4.35. The second-order valence-electron chi connectivity index (χ2n) is 4.37. The fraction of sp³-hybridized carbons (Fsp3) is 0.286. The summed E-state index contributed by atoms with van der Waals surface area (Å²) in [6.45, 7) is 4.04. The molecule has 1 fully saturated rings. The van der Waals surface area contributed by atoms with Gasteiger partial charge in [-0.15, -0.1) is 0 Å². The average molecular weight is 240 g/mol. The van der Waals surface area contributed by atoms with Crippen molar-refractivity contribution in [3.05, 3.63) is 48.9 Å². The molecule has 18 heavy (non-hydrogen) atoms. The van der Waals surface area contributed by atoms with E-state index < -0.39 is 0 Å². The fourth-order valence-corrected chi connectivity index (χ4v) is 2.29. The van der Waals surface area contributed by atoms with Crippen LogP contribution < -0.4 is 9.80 Å². The Morgan fingerprint density at radius 2 is 1.56 bits per heavy atom. The highest BCUT2D eigenvalue weighted by Gasteiger charge is 2.17. The van der Waals surface area contributed by atoms with Crippen molar-refractivity contribution in [1.29, 1.82) is 0 Å². The highest BCUT2D eigenvalue weighted by Crippen LogP contribution is 2.17. The van der Waals surface area contributed by atoms with Crippen LogP contribution in [0.3, 0.4) is 0 Å². The van der Waals surface area contributed by atoms with E-state index in [0.717, 1.165) is 32.0 Å². The fourth-order valence-electron chi connectivity index (χ4n) is 2.29. The van der Waals surface area contributed by atoms with Crippen LogP contribution in [0.1, 0.15) is 0 Å². The van der Waals surface area contributed by atoms with Gasteiger partial charge in [0.2, 0.25) is 0 Å². The first kappa shape index (κ1) is 11.0. The van der Waals surface area contributed by atoms with Gasteiger partial charge in [0.15, 0.2) is 0 Å². The molecule has 0 aliphatic carbocycles. The van der Waals surface area contributed by atoms with Crippen molar-refractivity contribution >= 4 is 11.5 Å². The summed E-state index contributed by atoms with van der Waals surface area (Å²) in [5.41, 5.74) is 1.30. The van der Waals surface area contributed by atoms with Crippen molar-refractivity contribution in [2.75, 3.05) is 36.0 Å². The van der Waals surface area contributed by atoms with E-state index in [2.05, 4.69) is 50.1 Å². The van der Waals surface area contributed by atoms with Gasteiger partial charge in [0.25, 0.3) is 0 Å². The van der Waals surface area contributed by atoms with Gasteiger partial charge in [-0.3, -0.25) is 4.98 Å². The minimum absolute atomic E-state index is 0.977. The van der Waals surface area contributed by atoms with Gasteiger partial charge in [0.1, 0.15) is 5.82 Å². The van der Waals surface area contributed by atoms with E-state index in [9.17, 15) is 0 Å². The molecule has 4 nitrogen and oxygen atoms in total. The predicted molar refractivity (Wildman–Crippen MR) is 72.9 cm³/mol. The molecular weight excluding hydrogens is 224 g/mol. The largest absolute Gasteiger partial charge is 0.368 e. The summed E-state index contributed by atoms with van der Waals surface area (Å²) in [6.07, 6.45) is 5.29. The van der Waals surface area contributed by atoms with Crippen molar-refractivity contribution < 1.29 is 0 Å². The molecule has 1 aromatic heterocycles. The van der Waals surface area contributed by atoms with Gasteiger partial charge in [0, 0.05) is 44.3 Å². The Morgan fingerprint density at radius 1 is 0.833 bits per heavy atom. The van der Waals surface area contributed by atoms with Crippen LogP contribution in [0, 0.1) is 0 Å². The van der Waals surface area contributed by atoms with Crippen LogP contribution in [0.5, 0.6) is 0 Å². The number of piperazine rings is 1.